The molecule has 0 saturated heterocycles. The first-order valence-corrected chi connectivity index (χ1v) is 28.7. The second-order valence-corrected chi connectivity index (χ2v) is 19.7. The van der Waals surface area contributed by atoms with Gasteiger partial charge in [0.25, 0.3) is 0 Å². The quantitative estimate of drug-likeness (QED) is 0.0421. The molecule has 0 aliphatic heterocycles. The Morgan fingerprint density at radius 1 is 0.381 bits per heavy atom. The van der Waals surface area contributed by atoms with Gasteiger partial charge in [-0.25, -0.2) is 0 Å². The molecule has 0 fully saturated rings. The number of carbonyl (C=O) groups is 1. The first-order chi connectivity index (χ1) is 31.2. The minimum atomic E-state index is -0.842. The molecule has 0 saturated carbocycles. The molecule has 0 heterocycles. The van der Waals surface area contributed by atoms with Gasteiger partial charge in [-0.3, -0.25) is 4.79 Å². The van der Waals surface area contributed by atoms with Gasteiger partial charge in [-0.05, 0) is 51.4 Å². The molecule has 0 aromatic heterocycles. The van der Waals surface area contributed by atoms with Crippen molar-refractivity contribution in [3.63, 3.8) is 0 Å². The van der Waals surface area contributed by atoms with Crippen molar-refractivity contribution in [1.29, 1.82) is 0 Å². The average molecular weight is 885 g/mol. The van der Waals surface area contributed by atoms with Gasteiger partial charge in [-0.2, -0.15) is 0 Å². The Morgan fingerprint density at radius 3 is 0.952 bits per heavy atom. The minimum absolute atomic E-state index is 0.0647. The van der Waals surface area contributed by atoms with E-state index in [1.807, 2.05) is 6.08 Å². The third kappa shape index (κ3) is 51.5. The van der Waals surface area contributed by atoms with Gasteiger partial charge in [0, 0.05) is 6.42 Å². The lowest BCUT2D eigenvalue weighted by molar-refractivity contribution is -0.123. The summed E-state index contributed by atoms with van der Waals surface area (Å²) in [5.74, 6) is -0.0647. The molecule has 2 atom stereocenters. The number of aliphatic hydroxyl groups excluding tert-OH is 2. The molecule has 3 N–H and O–H groups in total. The number of allylic oxidation sites excluding steroid dienone is 5. The number of hydrogen-bond donors (Lipinski definition) is 3. The summed E-state index contributed by atoms with van der Waals surface area (Å²) in [6, 6.07) is -0.625. The summed E-state index contributed by atoms with van der Waals surface area (Å²) in [6.45, 7) is 4.33. The molecule has 1 amide bonds. The van der Waals surface area contributed by atoms with E-state index in [0.29, 0.717) is 6.42 Å². The highest BCUT2D eigenvalue weighted by atomic mass is 16.3. The van der Waals surface area contributed by atoms with Gasteiger partial charge in [0.15, 0.2) is 0 Å². The Morgan fingerprint density at radius 2 is 0.651 bits per heavy atom. The second kappa shape index (κ2) is 54.9. The first kappa shape index (κ1) is 61.6. The number of amides is 1. The van der Waals surface area contributed by atoms with Gasteiger partial charge in [-0.15, -0.1) is 0 Å². The Balaban J connectivity index is 3.47. The van der Waals surface area contributed by atoms with E-state index in [2.05, 4.69) is 43.5 Å². The van der Waals surface area contributed by atoms with Gasteiger partial charge in [0.2, 0.25) is 5.91 Å². The Bertz CT molecular complexity index is 958. The molecule has 0 aromatic rings. The SMILES string of the molecule is CCCCCCC/C=C\C/C=C\CCCCCCCCCCCC(=O)NC(CO)C(O)/C=C/CCCCCCCCCCCCCCCCCCCCCCCCCCCCCC. The van der Waals surface area contributed by atoms with Crippen LogP contribution in [0.1, 0.15) is 316 Å². The standard InChI is InChI=1S/C59H113NO3/c1-3-5-7-9-11-13-15-17-19-21-23-25-26-27-28-29-30-31-32-33-35-36-38-40-42-44-46-48-50-52-54-58(62)57(56-61)60-59(63)55-53-51-49-47-45-43-41-39-37-34-24-22-20-18-16-14-12-10-8-6-4-2/h16,18,22,24,52,54,57-58,61-62H,3-15,17,19-21,23,25-51,53,55-56H2,1-2H3,(H,60,63)/b18-16-,24-22-,54-52+. The number of nitrogens with one attached hydrogen (secondary N) is 1. The van der Waals surface area contributed by atoms with Crippen LogP contribution in [0.2, 0.25) is 0 Å². The van der Waals surface area contributed by atoms with E-state index in [1.54, 1.807) is 6.08 Å². The van der Waals surface area contributed by atoms with Crippen molar-refractivity contribution in [3.8, 4) is 0 Å². The molecule has 2 unspecified atom stereocenters. The van der Waals surface area contributed by atoms with E-state index in [1.165, 1.54) is 263 Å². The zero-order chi connectivity index (χ0) is 45.6. The number of carbonyl (C=O) groups excluding carboxylic acids is 1. The second-order valence-electron chi connectivity index (χ2n) is 19.7. The Kier molecular flexibility index (Phi) is 53.7. The highest BCUT2D eigenvalue weighted by molar-refractivity contribution is 5.76. The maximum atomic E-state index is 12.5. The van der Waals surface area contributed by atoms with Crippen LogP contribution < -0.4 is 5.32 Å². The van der Waals surface area contributed by atoms with Crippen molar-refractivity contribution in [2.24, 2.45) is 0 Å². The van der Waals surface area contributed by atoms with Gasteiger partial charge in [0.1, 0.15) is 0 Å². The molecule has 4 heteroatoms. The normalized spacial score (nSPS) is 13.0. The van der Waals surface area contributed by atoms with Gasteiger partial charge in [-0.1, -0.05) is 294 Å². The highest BCUT2D eigenvalue weighted by Crippen LogP contribution is 2.17. The van der Waals surface area contributed by atoms with Crippen molar-refractivity contribution < 1.29 is 15.0 Å². The lowest BCUT2D eigenvalue weighted by Gasteiger charge is -2.20. The molecule has 0 radical (unpaired) electrons. The molecule has 0 aliphatic rings. The van der Waals surface area contributed by atoms with Crippen LogP contribution in [0, 0.1) is 0 Å². The summed E-state index contributed by atoms with van der Waals surface area (Å²) in [5, 5.41) is 23.2. The summed E-state index contributed by atoms with van der Waals surface area (Å²) >= 11 is 0. The predicted octanol–water partition coefficient (Wildman–Crippen LogP) is 18.9. The molecule has 63 heavy (non-hydrogen) atoms. The number of rotatable bonds is 53. The van der Waals surface area contributed by atoms with Crippen LogP contribution in [0.4, 0.5) is 0 Å². The van der Waals surface area contributed by atoms with Gasteiger partial charge in [0.05, 0.1) is 18.8 Å². The zero-order valence-corrected chi connectivity index (χ0v) is 42.9. The molecule has 0 aliphatic carbocycles. The van der Waals surface area contributed by atoms with E-state index in [-0.39, 0.29) is 12.5 Å². The molecule has 0 aromatic carbocycles. The summed E-state index contributed by atoms with van der Waals surface area (Å²) in [7, 11) is 0. The van der Waals surface area contributed by atoms with E-state index < -0.39 is 12.1 Å². The van der Waals surface area contributed by atoms with Gasteiger partial charge < -0.3 is 15.5 Å². The topological polar surface area (TPSA) is 69.6 Å². The zero-order valence-electron chi connectivity index (χ0n) is 42.9. The number of hydrogen-bond acceptors (Lipinski definition) is 3. The van der Waals surface area contributed by atoms with Crippen LogP contribution in [0.15, 0.2) is 36.5 Å². The molecule has 0 spiro atoms. The molecule has 0 rings (SSSR count). The summed E-state index contributed by atoms with van der Waals surface area (Å²) in [4.78, 5) is 12.5. The van der Waals surface area contributed by atoms with Crippen LogP contribution in [0.5, 0.6) is 0 Å². The summed E-state index contributed by atoms with van der Waals surface area (Å²) in [5.41, 5.74) is 0. The molecular formula is C59H113NO3. The fraction of sp³-hybridized carbons (Fsp3) is 0.881. The molecule has 0 bridgehead atoms. The number of aliphatic hydroxyl groups is 2. The Labute approximate surface area is 395 Å². The van der Waals surface area contributed by atoms with Crippen molar-refractivity contribution >= 4 is 5.91 Å². The monoisotopic (exact) mass is 884 g/mol. The fourth-order valence-corrected chi connectivity index (χ4v) is 8.98. The van der Waals surface area contributed by atoms with E-state index in [9.17, 15) is 15.0 Å². The van der Waals surface area contributed by atoms with E-state index >= 15 is 0 Å². The third-order valence-corrected chi connectivity index (χ3v) is 13.4. The van der Waals surface area contributed by atoms with Crippen molar-refractivity contribution in [2.75, 3.05) is 6.61 Å². The molecular weight excluding hydrogens is 771 g/mol. The summed E-state index contributed by atoms with van der Waals surface area (Å²) in [6.07, 6.45) is 74.5. The maximum Gasteiger partial charge on any atom is 0.220 e. The fourth-order valence-electron chi connectivity index (χ4n) is 8.98. The van der Waals surface area contributed by atoms with Crippen LogP contribution in [-0.4, -0.2) is 34.9 Å². The van der Waals surface area contributed by atoms with Crippen LogP contribution >= 0.6 is 0 Å². The largest absolute Gasteiger partial charge is 0.394 e. The Hall–Kier alpha value is -1.39. The van der Waals surface area contributed by atoms with Crippen molar-refractivity contribution in [1.82, 2.24) is 5.32 Å². The lowest BCUT2D eigenvalue weighted by atomic mass is 10.0. The van der Waals surface area contributed by atoms with E-state index in [0.717, 1.165) is 32.1 Å². The lowest BCUT2D eigenvalue weighted by Crippen LogP contribution is -2.45. The van der Waals surface area contributed by atoms with Crippen LogP contribution in [-0.2, 0) is 4.79 Å². The van der Waals surface area contributed by atoms with Crippen molar-refractivity contribution in [3.05, 3.63) is 36.5 Å². The first-order valence-electron chi connectivity index (χ1n) is 28.7. The summed E-state index contributed by atoms with van der Waals surface area (Å²) < 4.78 is 0. The van der Waals surface area contributed by atoms with Crippen LogP contribution in [0.3, 0.4) is 0 Å². The minimum Gasteiger partial charge on any atom is -0.394 e. The molecule has 4 nitrogen and oxygen atoms in total. The predicted molar refractivity (Wildman–Crippen MR) is 281 cm³/mol. The average Bonchev–Trinajstić information content (AvgIpc) is 3.29. The number of unbranched alkanes of at least 4 members (excludes halogenated alkanes) is 42. The highest BCUT2D eigenvalue weighted by Gasteiger charge is 2.18. The maximum absolute atomic E-state index is 12.5. The van der Waals surface area contributed by atoms with E-state index in [4.69, 9.17) is 0 Å². The van der Waals surface area contributed by atoms with Gasteiger partial charge >= 0.3 is 0 Å². The van der Waals surface area contributed by atoms with Crippen LogP contribution in [0.25, 0.3) is 0 Å². The third-order valence-electron chi connectivity index (χ3n) is 13.4. The molecule has 372 valence electrons. The smallest absolute Gasteiger partial charge is 0.220 e. The van der Waals surface area contributed by atoms with Crippen molar-refractivity contribution in [2.45, 2.75) is 328 Å².